The van der Waals surface area contributed by atoms with Crippen LogP contribution in [0.1, 0.15) is 5.69 Å². The first-order chi connectivity index (χ1) is 8.63. The van der Waals surface area contributed by atoms with Crippen LogP contribution in [0.2, 0.25) is 5.02 Å². The zero-order chi connectivity index (χ0) is 13.1. The van der Waals surface area contributed by atoms with E-state index in [1.54, 1.807) is 13.0 Å². The highest BCUT2D eigenvalue weighted by molar-refractivity contribution is 6.33. The van der Waals surface area contributed by atoms with Gasteiger partial charge in [0.05, 0.1) is 23.5 Å². The third-order valence-corrected chi connectivity index (χ3v) is 2.82. The molecule has 0 fully saturated rings. The number of rotatable bonds is 2. The average Bonchev–Trinajstić information content (AvgIpc) is 2.72. The minimum Gasteiger partial charge on any atom is -0.453 e. The number of halogens is 1. The predicted molar refractivity (Wildman–Crippen MR) is 69.8 cm³/mol. The molecular weight excluding hydrogens is 254 g/mol. The molecule has 0 aliphatic rings. The number of aryl methyl sites for hydroxylation is 1. The Balaban J connectivity index is 2.46. The van der Waals surface area contributed by atoms with Gasteiger partial charge in [-0.3, -0.25) is 10.4 Å². The lowest BCUT2D eigenvalue weighted by Gasteiger charge is -2.06. The van der Waals surface area contributed by atoms with Crippen molar-refractivity contribution in [2.24, 2.45) is 0 Å². The van der Waals surface area contributed by atoms with E-state index in [1.807, 2.05) is 18.2 Å². The van der Waals surface area contributed by atoms with Crippen molar-refractivity contribution in [1.82, 2.24) is 10.2 Å². The molecule has 0 aliphatic carbocycles. The number of hydrogen-bond acceptors (Lipinski definition) is 3. The predicted octanol–water partition coefficient (Wildman–Crippen LogP) is 3.22. The number of ether oxygens (including phenoxy) is 1. The van der Waals surface area contributed by atoms with E-state index in [2.05, 4.69) is 20.3 Å². The lowest BCUT2D eigenvalue weighted by molar-refractivity contribution is 0.187. The highest BCUT2D eigenvalue weighted by atomic mass is 35.5. The van der Waals surface area contributed by atoms with Crippen molar-refractivity contribution >= 4 is 23.4 Å². The van der Waals surface area contributed by atoms with Gasteiger partial charge in [0.1, 0.15) is 5.69 Å². The second kappa shape index (κ2) is 5.10. The summed E-state index contributed by atoms with van der Waals surface area (Å²) in [5.41, 5.74) is 2.63. The lowest BCUT2D eigenvalue weighted by Crippen LogP contribution is -2.11. The maximum atomic E-state index is 11.3. The van der Waals surface area contributed by atoms with E-state index in [9.17, 15) is 4.79 Å². The first kappa shape index (κ1) is 12.4. The minimum absolute atomic E-state index is 0.548. The molecule has 0 atom stereocenters. The SMILES string of the molecule is COC(=O)Nc1c(-c2ccccc2Cl)n[nH]c1C. The molecule has 2 N–H and O–H groups in total. The first-order valence-electron chi connectivity index (χ1n) is 5.28. The maximum Gasteiger partial charge on any atom is 0.411 e. The van der Waals surface area contributed by atoms with E-state index in [1.165, 1.54) is 7.11 Å². The Morgan fingerprint density at radius 1 is 1.44 bits per heavy atom. The molecule has 1 amide bonds. The van der Waals surface area contributed by atoms with Crippen LogP contribution in [-0.4, -0.2) is 23.4 Å². The van der Waals surface area contributed by atoms with Crippen molar-refractivity contribution in [3.8, 4) is 11.3 Å². The van der Waals surface area contributed by atoms with E-state index >= 15 is 0 Å². The van der Waals surface area contributed by atoms with Crippen LogP contribution in [0.4, 0.5) is 10.5 Å². The Hall–Kier alpha value is -2.01. The molecule has 5 nitrogen and oxygen atoms in total. The highest BCUT2D eigenvalue weighted by Crippen LogP contribution is 2.33. The number of carbonyl (C=O) groups excluding carboxylic acids is 1. The summed E-state index contributed by atoms with van der Waals surface area (Å²) in [6.07, 6.45) is -0.548. The summed E-state index contributed by atoms with van der Waals surface area (Å²) in [7, 11) is 1.31. The van der Waals surface area contributed by atoms with Gasteiger partial charge in [0, 0.05) is 5.56 Å². The molecule has 94 valence electrons. The first-order valence-corrected chi connectivity index (χ1v) is 5.66. The monoisotopic (exact) mass is 265 g/mol. The number of anilines is 1. The summed E-state index contributed by atoms with van der Waals surface area (Å²) >= 11 is 6.11. The topological polar surface area (TPSA) is 67.0 Å². The number of aromatic amines is 1. The fourth-order valence-corrected chi connectivity index (χ4v) is 1.81. The van der Waals surface area contributed by atoms with Gasteiger partial charge in [0.15, 0.2) is 0 Å². The van der Waals surface area contributed by atoms with E-state index < -0.39 is 6.09 Å². The molecule has 0 bridgehead atoms. The van der Waals surface area contributed by atoms with Crippen molar-refractivity contribution in [3.63, 3.8) is 0 Å². The van der Waals surface area contributed by atoms with Gasteiger partial charge in [0.2, 0.25) is 0 Å². The summed E-state index contributed by atoms with van der Waals surface area (Å²) in [5.74, 6) is 0. The molecule has 0 radical (unpaired) electrons. The van der Waals surface area contributed by atoms with Crippen LogP contribution in [0.3, 0.4) is 0 Å². The number of methoxy groups -OCH3 is 1. The number of H-pyrrole nitrogens is 1. The molecular formula is C12H12ClN3O2. The number of amides is 1. The smallest absolute Gasteiger partial charge is 0.411 e. The Bertz CT molecular complexity index is 580. The third kappa shape index (κ3) is 2.31. The molecule has 0 aliphatic heterocycles. The fourth-order valence-electron chi connectivity index (χ4n) is 1.58. The van der Waals surface area contributed by atoms with Gasteiger partial charge in [-0.1, -0.05) is 29.8 Å². The third-order valence-electron chi connectivity index (χ3n) is 2.49. The number of aromatic nitrogens is 2. The van der Waals surface area contributed by atoms with Crippen LogP contribution in [0.25, 0.3) is 11.3 Å². The van der Waals surface area contributed by atoms with Crippen molar-refractivity contribution < 1.29 is 9.53 Å². The van der Waals surface area contributed by atoms with Gasteiger partial charge in [0.25, 0.3) is 0 Å². The van der Waals surface area contributed by atoms with Crippen LogP contribution < -0.4 is 5.32 Å². The summed E-state index contributed by atoms with van der Waals surface area (Å²) in [5, 5.41) is 10.2. The number of nitrogens with zero attached hydrogens (tertiary/aromatic N) is 1. The number of benzene rings is 1. The Morgan fingerprint density at radius 3 is 2.83 bits per heavy atom. The van der Waals surface area contributed by atoms with Crippen molar-refractivity contribution in [1.29, 1.82) is 0 Å². The second-order valence-electron chi connectivity index (χ2n) is 3.67. The molecule has 18 heavy (non-hydrogen) atoms. The van der Waals surface area contributed by atoms with Gasteiger partial charge >= 0.3 is 6.09 Å². The largest absolute Gasteiger partial charge is 0.453 e. The van der Waals surface area contributed by atoms with Gasteiger partial charge in [-0.05, 0) is 13.0 Å². The molecule has 0 unspecified atom stereocenters. The Labute approximate surface area is 109 Å². The molecule has 0 saturated heterocycles. The van der Waals surface area contributed by atoms with Crippen molar-refractivity contribution in [2.45, 2.75) is 6.92 Å². The molecule has 2 rings (SSSR count). The quantitative estimate of drug-likeness (QED) is 0.876. The highest BCUT2D eigenvalue weighted by Gasteiger charge is 2.16. The van der Waals surface area contributed by atoms with Gasteiger partial charge in [-0.15, -0.1) is 0 Å². The summed E-state index contributed by atoms with van der Waals surface area (Å²) in [6.45, 7) is 1.80. The second-order valence-corrected chi connectivity index (χ2v) is 4.08. The molecule has 2 aromatic rings. The van der Waals surface area contributed by atoms with E-state index in [-0.39, 0.29) is 0 Å². The van der Waals surface area contributed by atoms with Crippen molar-refractivity contribution in [2.75, 3.05) is 12.4 Å². The molecule has 1 heterocycles. The normalized spacial score (nSPS) is 10.2. The van der Waals surface area contributed by atoms with Crippen LogP contribution in [0.15, 0.2) is 24.3 Å². The van der Waals surface area contributed by atoms with Gasteiger partial charge in [-0.2, -0.15) is 5.10 Å². The molecule has 0 spiro atoms. The van der Waals surface area contributed by atoms with Crippen LogP contribution >= 0.6 is 11.6 Å². The molecule has 1 aromatic heterocycles. The number of hydrogen-bond donors (Lipinski definition) is 2. The van der Waals surface area contributed by atoms with Gasteiger partial charge < -0.3 is 4.74 Å². The molecule has 0 saturated carbocycles. The number of nitrogens with one attached hydrogen (secondary N) is 2. The Morgan fingerprint density at radius 2 is 2.17 bits per heavy atom. The van der Waals surface area contributed by atoms with Crippen LogP contribution in [0.5, 0.6) is 0 Å². The van der Waals surface area contributed by atoms with Gasteiger partial charge in [-0.25, -0.2) is 4.79 Å². The number of carbonyl (C=O) groups is 1. The van der Waals surface area contributed by atoms with E-state index in [4.69, 9.17) is 11.6 Å². The standard InChI is InChI=1S/C12H12ClN3O2/c1-7-10(14-12(17)18-2)11(16-15-7)8-5-3-4-6-9(8)13/h3-6H,1-2H3,(H,14,17)(H,15,16). The summed E-state index contributed by atoms with van der Waals surface area (Å²) in [6, 6.07) is 7.29. The van der Waals surface area contributed by atoms with Crippen LogP contribution in [0, 0.1) is 6.92 Å². The van der Waals surface area contributed by atoms with Crippen LogP contribution in [-0.2, 0) is 4.74 Å². The lowest BCUT2D eigenvalue weighted by atomic mass is 10.1. The molecule has 6 heteroatoms. The fraction of sp³-hybridized carbons (Fsp3) is 0.167. The van der Waals surface area contributed by atoms with E-state index in [0.29, 0.717) is 16.4 Å². The Kier molecular flexibility index (Phi) is 3.53. The van der Waals surface area contributed by atoms with E-state index in [0.717, 1.165) is 11.3 Å². The average molecular weight is 266 g/mol. The summed E-state index contributed by atoms with van der Waals surface area (Å²) < 4.78 is 4.57. The maximum absolute atomic E-state index is 11.3. The summed E-state index contributed by atoms with van der Waals surface area (Å²) in [4.78, 5) is 11.3. The minimum atomic E-state index is -0.548. The zero-order valence-electron chi connectivity index (χ0n) is 9.95. The van der Waals surface area contributed by atoms with Crippen molar-refractivity contribution in [3.05, 3.63) is 35.0 Å². The molecule has 1 aromatic carbocycles. The zero-order valence-corrected chi connectivity index (χ0v) is 10.7.